The van der Waals surface area contributed by atoms with Crippen LogP contribution in [0.15, 0.2) is 0 Å². The Morgan fingerprint density at radius 1 is 0.333 bits per heavy atom. The maximum atomic E-state index is 2.48. The van der Waals surface area contributed by atoms with Crippen LogP contribution < -0.4 is 0 Å². The molecule has 0 aliphatic carbocycles. The Hall–Kier alpha value is 0. The standard InChI is InChI=1S/C24H50/c1-20(2)12-8-14-22(5)16-10-18-24(7)19-11-17-23(6)15-9-13-21(3)4/h20-24H,8-19H2,1-7H3. The van der Waals surface area contributed by atoms with Crippen LogP contribution in [0.2, 0.25) is 0 Å². The SMILES string of the molecule is CC(C)CCCC(C)CCCC(C)CCCC(C)CCCC(C)C. The molecule has 0 amide bonds. The van der Waals surface area contributed by atoms with Gasteiger partial charge in [-0.3, -0.25) is 0 Å². The number of rotatable bonds is 16. The number of hydrogen-bond acceptors (Lipinski definition) is 0. The largest absolute Gasteiger partial charge is 0.0628 e. The maximum absolute atomic E-state index is 2.48. The smallest absolute Gasteiger partial charge is 0.0443 e. The van der Waals surface area contributed by atoms with Crippen molar-refractivity contribution in [2.24, 2.45) is 29.6 Å². The Morgan fingerprint density at radius 3 is 0.750 bits per heavy atom. The molecule has 0 spiro atoms. The van der Waals surface area contributed by atoms with E-state index < -0.39 is 0 Å². The van der Waals surface area contributed by atoms with Crippen molar-refractivity contribution in [3.05, 3.63) is 0 Å². The van der Waals surface area contributed by atoms with Gasteiger partial charge in [0.1, 0.15) is 0 Å². The zero-order chi connectivity index (χ0) is 18.4. The molecule has 0 aliphatic heterocycles. The molecule has 0 aromatic carbocycles. The van der Waals surface area contributed by atoms with E-state index in [0.717, 1.165) is 29.6 Å². The molecule has 0 saturated carbocycles. The Bertz CT molecular complexity index is 227. The van der Waals surface area contributed by atoms with Crippen molar-refractivity contribution in [3.8, 4) is 0 Å². The molecule has 0 fully saturated rings. The van der Waals surface area contributed by atoms with E-state index in [1.54, 1.807) is 0 Å². The molecular formula is C24H50. The molecule has 0 N–H and O–H groups in total. The van der Waals surface area contributed by atoms with Crippen LogP contribution in [0.3, 0.4) is 0 Å². The van der Waals surface area contributed by atoms with Crippen LogP contribution in [-0.2, 0) is 0 Å². The predicted molar refractivity (Wildman–Crippen MR) is 113 cm³/mol. The fraction of sp³-hybridized carbons (Fsp3) is 1.00. The minimum absolute atomic E-state index is 0.880. The van der Waals surface area contributed by atoms with Crippen LogP contribution in [0.4, 0.5) is 0 Å². The highest BCUT2D eigenvalue weighted by molar-refractivity contribution is 4.61. The van der Waals surface area contributed by atoms with Crippen LogP contribution in [0.25, 0.3) is 0 Å². The van der Waals surface area contributed by atoms with Gasteiger partial charge in [0.25, 0.3) is 0 Å². The minimum Gasteiger partial charge on any atom is -0.0628 e. The van der Waals surface area contributed by atoms with Crippen LogP contribution in [0.1, 0.15) is 126 Å². The normalized spacial score (nSPS) is 15.9. The highest BCUT2D eigenvalue weighted by Crippen LogP contribution is 2.23. The van der Waals surface area contributed by atoms with E-state index in [-0.39, 0.29) is 0 Å². The van der Waals surface area contributed by atoms with Crippen molar-refractivity contribution in [1.29, 1.82) is 0 Å². The van der Waals surface area contributed by atoms with Gasteiger partial charge in [-0.1, -0.05) is 126 Å². The van der Waals surface area contributed by atoms with Crippen molar-refractivity contribution >= 4 is 0 Å². The van der Waals surface area contributed by atoms with Crippen LogP contribution in [0.5, 0.6) is 0 Å². The van der Waals surface area contributed by atoms with Crippen LogP contribution >= 0.6 is 0 Å². The molecule has 24 heavy (non-hydrogen) atoms. The van der Waals surface area contributed by atoms with Crippen molar-refractivity contribution < 1.29 is 0 Å². The highest BCUT2D eigenvalue weighted by Gasteiger charge is 2.08. The van der Waals surface area contributed by atoms with Crippen molar-refractivity contribution in [3.63, 3.8) is 0 Å². The topological polar surface area (TPSA) is 0 Å². The van der Waals surface area contributed by atoms with Gasteiger partial charge in [-0.15, -0.1) is 0 Å². The van der Waals surface area contributed by atoms with Gasteiger partial charge in [-0.25, -0.2) is 0 Å². The first-order valence-corrected chi connectivity index (χ1v) is 11.3. The second-order valence-electron chi connectivity index (χ2n) is 9.83. The van der Waals surface area contributed by atoms with Gasteiger partial charge in [0.15, 0.2) is 0 Å². The average molecular weight is 339 g/mol. The van der Waals surface area contributed by atoms with E-state index >= 15 is 0 Å². The lowest BCUT2D eigenvalue weighted by atomic mass is 9.90. The first-order chi connectivity index (χ1) is 11.3. The van der Waals surface area contributed by atoms with Crippen LogP contribution in [-0.4, -0.2) is 0 Å². The summed E-state index contributed by atoms with van der Waals surface area (Å²) in [7, 11) is 0. The van der Waals surface area contributed by atoms with Gasteiger partial charge in [0, 0.05) is 0 Å². The molecule has 0 rings (SSSR count). The van der Waals surface area contributed by atoms with Gasteiger partial charge < -0.3 is 0 Å². The molecular weight excluding hydrogens is 288 g/mol. The summed E-state index contributed by atoms with van der Waals surface area (Å²) >= 11 is 0. The minimum atomic E-state index is 0.880. The second kappa shape index (κ2) is 15.3. The van der Waals surface area contributed by atoms with E-state index in [9.17, 15) is 0 Å². The number of hydrogen-bond donors (Lipinski definition) is 0. The van der Waals surface area contributed by atoms with E-state index in [1.807, 2.05) is 0 Å². The van der Waals surface area contributed by atoms with E-state index in [2.05, 4.69) is 48.5 Å². The lowest BCUT2D eigenvalue weighted by molar-refractivity contribution is 0.368. The first kappa shape index (κ1) is 24.0. The third kappa shape index (κ3) is 16.8. The fourth-order valence-electron chi connectivity index (χ4n) is 3.81. The average Bonchev–Trinajstić information content (AvgIpc) is 2.46. The van der Waals surface area contributed by atoms with Crippen LogP contribution in [0, 0.1) is 29.6 Å². The summed E-state index contributed by atoms with van der Waals surface area (Å²) in [5.74, 6) is 4.58. The summed E-state index contributed by atoms with van der Waals surface area (Å²) in [5, 5.41) is 0. The summed E-state index contributed by atoms with van der Waals surface area (Å²) in [6.07, 6.45) is 17.3. The lowest BCUT2D eigenvalue weighted by Crippen LogP contribution is -2.02. The molecule has 0 saturated heterocycles. The van der Waals surface area contributed by atoms with E-state index in [1.165, 1.54) is 77.0 Å². The molecule has 0 radical (unpaired) electrons. The van der Waals surface area contributed by atoms with E-state index in [4.69, 9.17) is 0 Å². The van der Waals surface area contributed by atoms with Gasteiger partial charge >= 0.3 is 0 Å². The van der Waals surface area contributed by atoms with Gasteiger partial charge in [-0.2, -0.15) is 0 Å². The zero-order valence-corrected chi connectivity index (χ0v) is 18.4. The monoisotopic (exact) mass is 338 g/mol. The quantitative estimate of drug-likeness (QED) is 0.263. The van der Waals surface area contributed by atoms with Gasteiger partial charge in [0.2, 0.25) is 0 Å². The molecule has 2 atom stereocenters. The Kier molecular flexibility index (Phi) is 15.3. The molecule has 0 aromatic rings. The summed E-state index contributed by atoms with van der Waals surface area (Å²) < 4.78 is 0. The maximum Gasteiger partial charge on any atom is -0.0443 e. The molecule has 0 heterocycles. The molecule has 0 heteroatoms. The van der Waals surface area contributed by atoms with Crippen molar-refractivity contribution in [1.82, 2.24) is 0 Å². The molecule has 2 unspecified atom stereocenters. The predicted octanol–water partition coefficient (Wildman–Crippen LogP) is 8.89. The Balaban J connectivity index is 3.50. The van der Waals surface area contributed by atoms with Crippen molar-refractivity contribution in [2.75, 3.05) is 0 Å². The summed E-state index contributed by atoms with van der Waals surface area (Å²) in [6.45, 7) is 16.8. The summed E-state index contributed by atoms with van der Waals surface area (Å²) in [6, 6.07) is 0. The Morgan fingerprint density at radius 2 is 0.542 bits per heavy atom. The Labute approximate surface area is 155 Å². The molecule has 0 bridgehead atoms. The third-order valence-corrected chi connectivity index (χ3v) is 5.74. The molecule has 146 valence electrons. The molecule has 0 nitrogen and oxygen atoms in total. The van der Waals surface area contributed by atoms with Gasteiger partial charge in [-0.05, 0) is 29.6 Å². The highest BCUT2D eigenvalue weighted by atomic mass is 14.1. The summed E-state index contributed by atoms with van der Waals surface area (Å²) in [5.41, 5.74) is 0. The summed E-state index contributed by atoms with van der Waals surface area (Å²) in [4.78, 5) is 0. The third-order valence-electron chi connectivity index (χ3n) is 5.74. The fourth-order valence-corrected chi connectivity index (χ4v) is 3.81. The molecule has 0 aliphatic rings. The van der Waals surface area contributed by atoms with Crippen molar-refractivity contribution in [2.45, 2.75) is 126 Å². The van der Waals surface area contributed by atoms with E-state index in [0.29, 0.717) is 0 Å². The van der Waals surface area contributed by atoms with Gasteiger partial charge in [0.05, 0.1) is 0 Å². The zero-order valence-electron chi connectivity index (χ0n) is 18.4. The molecule has 0 aromatic heterocycles. The first-order valence-electron chi connectivity index (χ1n) is 11.3. The lowest BCUT2D eigenvalue weighted by Gasteiger charge is -2.16. The second-order valence-corrected chi connectivity index (χ2v) is 9.83.